The Kier molecular flexibility index (Phi) is 6.91. The minimum atomic E-state index is -0.252. The Morgan fingerprint density at radius 2 is 1.76 bits per heavy atom. The van der Waals surface area contributed by atoms with Crippen LogP contribution in [0.1, 0.15) is 51.9 Å². The van der Waals surface area contributed by atoms with E-state index in [-0.39, 0.29) is 24.0 Å². The number of hydrogen-bond donors (Lipinski definition) is 2. The summed E-state index contributed by atoms with van der Waals surface area (Å²) >= 11 is 12.1. The molecule has 0 spiro atoms. The molecule has 0 aromatic heterocycles. The van der Waals surface area contributed by atoms with Gasteiger partial charge in [-0.1, -0.05) is 47.5 Å². The Balaban J connectivity index is 1.39. The molecule has 0 saturated heterocycles. The number of rotatable bonds is 7. The molecule has 170 valence electrons. The number of hydrogen-bond acceptors (Lipinski definition) is 3. The maximum Gasteiger partial charge on any atom is 0.256 e. The second-order valence-electron chi connectivity index (χ2n) is 8.26. The second kappa shape index (κ2) is 9.86. The molecule has 3 aromatic carbocycles. The molecule has 1 aliphatic heterocycles. The molecule has 33 heavy (non-hydrogen) atoms. The van der Waals surface area contributed by atoms with Crippen molar-refractivity contribution in [3.8, 4) is 0 Å². The maximum atomic E-state index is 12.8. The van der Waals surface area contributed by atoms with Crippen molar-refractivity contribution in [3.05, 3.63) is 99.0 Å². The van der Waals surface area contributed by atoms with Crippen LogP contribution < -0.4 is 10.6 Å². The summed E-state index contributed by atoms with van der Waals surface area (Å²) in [7, 11) is 0. The van der Waals surface area contributed by atoms with E-state index in [0.29, 0.717) is 28.6 Å². The lowest BCUT2D eigenvalue weighted by Crippen LogP contribution is -2.37. The van der Waals surface area contributed by atoms with Crippen LogP contribution in [0, 0.1) is 0 Å². The molecular formula is C26H25Cl2N3O2. The van der Waals surface area contributed by atoms with Crippen molar-refractivity contribution in [1.82, 2.24) is 10.2 Å². The van der Waals surface area contributed by atoms with Gasteiger partial charge in [-0.05, 0) is 68.3 Å². The second-order valence-corrected chi connectivity index (χ2v) is 9.10. The van der Waals surface area contributed by atoms with Gasteiger partial charge in [0.2, 0.25) is 0 Å². The van der Waals surface area contributed by atoms with Crippen molar-refractivity contribution in [2.24, 2.45) is 0 Å². The lowest BCUT2D eigenvalue weighted by molar-refractivity contribution is 0.0685. The van der Waals surface area contributed by atoms with Gasteiger partial charge in [0.25, 0.3) is 11.8 Å². The van der Waals surface area contributed by atoms with Crippen molar-refractivity contribution < 1.29 is 9.59 Å². The summed E-state index contributed by atoms with van der Waals surface area (Å²) in [5, 5.41) is 7.55. The molecule has 4 rings (SSSR count). The largest absolute Gasteiger partial charge is 0.361 e. The first-order valence-electron chi connectivity index (χ1n) is 10.9. The van der Waals surface area contributed by atoms with E-state index in [9.17, 15) is 9.59 Å². The van der Waals surface area contributed by atoms with E-state index in [1.807, 2.05) is 61.2 Å². The summed E-state index contributed by atoms with van der Waals surface area (Å²) in [6.45, 7) is 4.47. The summed E-state index contributed by atoms with van der Waals surface area (Å²) < 4.78 is 0. The molecule has 0 bridgehead atoms. The molecule has 0 saturated carbocycles. The molecule has 3 aromatic rings. The third kappa shape index (κ3) is 5.00. The van der Waals surface area contributed by atoms with E-state index in [1.165, 1.54) is 0 Å². The van der Waals surface area contributed by atoms with Gasteiger partial charge < -0.3 is 15.5 Å². The Morgan fingerprint density at radius 3 is 2.45 bits per heavy atom. The Hall–Kier alpha value is -3.02. The Morgan fingerprint density at radius 1 is 1.03 bits per heavy atom. The Bertz CT molecular complexity index is 1180. The molecule has 2 amide bonds. The number of benzene rings is 3. The molecule has 1 aliphatic rings. The summed E-state index contributed by atoms with van der Waals surface area (Å²) in [5.41, 5.74) is 4.01. The predicted octanol–water partition coefficient (Wildman–Crippen LogP) is 5.94. The average molecular weight is 482 g/mol. The molecule has 0 radical (unpaired) electrons. The number of halogens is 2. The fourth-order valence-electron chi connectivity index (χ4n) is 4.03. The van der Waals surface area contributed by atoms with Crippen LogP contribution in [0.25, 0.3) is 0 Å². The quantitative estimate of drug-likeness (QED) is 0.438. The van der Waals surface area contributed by atoms with Crippen molar-refractivity contribution in [2.45, 2.75) is 32.5 Å². The summed E-state index contributed by atoms with van der Waals surface area (Å²) in [4.78, 5) is 27.2. The number of carbonyl (C=O) groups is 2. The lowest BCUT2D eigenvalue weighted by Gasteiger charge is -2.30. The van der Waals surface area contributed by atoms with Gasteiger partial charge >= 0.3 is 0 Å². The number of amides is 2. The van der Waals surface area contributed by atoms with E-state index in [0.717, 1.165) is 22.4 Å². The molecule has 0 unspecified atom stereocenters. The zero-order valence-corrected chi connectivity index (χ0v) is 20.0. The minimum Gasteiger partial charge on any atom is -0.361 e. The van der Waals surface area contributed by atoms with Gasteiger partial charge in [0, 0.05) is 45.0 Å². The third-order valence-corrected chi connectivity index (χ3v) is 6.29. The SMILES string of the molecule is CC(C)N1C(=O)c2ccccc2[C@@H]1Nc1ccc(C(=O)NCCc2ccc(Cl)cc2Cl)cc1. The van der Waals surface area contributed by atoms with Gasteiger partial charge in [0.1, 0.15) is 6.17 Å². The van der Waals surface area contributed by atoms with E-state index in [1.54, 1.807) is 24.3 Å². The lowest BCUT2D eigenvalue weighted by atomic mass is 10.1. The number of nitrogens with zero attached hydrogens (tertiary/aromatic N) is 1. The van der Waals surface area contributed by atoms with Crippen LogP contribution in [0.4, 0.5) is 5.69 Å². The fourth-order valence-corrected chi connectivity index (χ4v) is 4.53. The topological polar surface area (TPSA) is 61.4 Å². The van der Waals surface area contributed by atoms with E-state index >= 15 is 0 Å². The summed E-state index contributed by atoms with van der Waals surface area (Å²) in [6, 6.07) is 20.3. The molecule has 5 nitrogen and oxygen atoms in total. The zero-order chi connectivity index (χ0) is 23.5. The molecule has 7 heteroatoms. The van der Waals surface area contributed by atoms with Gasteiger partial charge in [0.05, 0.1) is 0 Å². The van der Waals surface area contributed by atoms with Crippen LogP contribution in [0.3, 0.4) is 0 Å². The number of nitrogens with one attached hydrogen (secondary N) is 2. The standard InChI is InChI=1S/C26H25Cl2N3O2/c1-16(2)31-24(21-5-3-4-6-22(21)26(31)33)30-20-11-8-18(9-12-20)25(32)29-14-13-17-7-10-19(27)15-23(17)28/h3-12,15-16,24,30H,13-14H2,1-2H3,(H,29,32)/t24-/m1/s1. The van der Waals surface area contributed by atoms with Crippen molar-refractivity contribution in [3.63, 3.8) is 0 Å². The van der Waals surface area contributed by atoms with E-state index in [2.05, 4.69) is 10.6 Å². The minimum absolute atomic E-state index is 0.0230. The summed E-state index contributed by atoms with van der Waals surface area (Å²) in [5.74, 6) is -0.133. The molecule has 1 atom stereocenters. The zero-order valence-electron chi connectivity index (χ0n) is 18.4. The average Bonchev–Trinajstić information content (AvgIpc) is 3.07. The first-order chi connectivity index (χ1) is 15.8. The van der Waals surface area contributed by atoms with Crippen LogP contribution in [0.15, 0.2) is 66.7 Å². The van der Waals surface area contributed by atoms with E-state index < -0.39 is 0 Å². The number of carbonyl (C=O) groups excluding carboxylic acids is 2. The van der Waals surface area contributed by atoms with Gasteiger partial charge in [-0.3, -0.25) is 9.59 Å². The molecule has 1 heterocycles. The van der Waals surface area contributed by atoms with Crippen LogP contribution in [-0.4, -0.2) is 29.3 Å². The molecule has 0 fully saturated rings. The third-order valence-electron chi connectivity index (χ3n) is 5.70. The van der Waals surface area contributed by atoms with Gasteiger partial charge in [-0.15, -0.1) is 0 Å². The van der Waals surface area contributed by atoms with Gasteiger partial charge in [-0.25, -0.2) is 0 Å². The molecule has 0 aliphatic carbocycles. The van der Waals surface area contributed by atoms with Crippen LogP contribution >= 0.6 is 23.2 Å². The molecule has 2 N–H and O–H groups in total. The van der Waals surface area contributed by atoms with Gasteiger partial charge in [0.15, 0.2) is 0 Å². The normalized spacial score (nSPS) is 15.0. The molecular weight excluding hydrogens is 457 g/mol. The van der Waals surface area contributed by atoms with Crippen molar-refractivity contribution >= 4 is 40.7 Å². The van der Waals surface area contributed by atoms with Crippen LogP contribution in [0.2, 0.25) is 10.0 Å². The van der Waals surface area contributed by atoms with Gasteiger partial charge in [-0.2, -0.15) is 0 Å². The predicted molar refractivity (Wildman–Crippen MR) is 133 cm³/mol. The number of fused-ring (bicyclic) bond motifs is 1. The fraction of sp³-hybridized carbons (Fsp3) is 0.231. The smallest absolute Gasteiger partial charge is 0.256 e. The highest BCUT2D eigenvalue weighted by Crippen LogP contribution is 2.35. The highest BCUT2D eigenvalue weighted by atomic mass is 35.5. The monoisotopic (exact) mass is 481 g/mol. The van der Waals surface area contributed by atoms with Crippen LogP contribution in [-0.2, 0) is 6.42 Å². The van der Waals surface area contributed by atoms with Crippen molar-refractivity contribution in [1.29, 1.82) is 0 Å². The summed E-state index contributed by atoms with van der Waals surface area (Å²) in [6.07, 6.45) is 0.360. The van der Waals surface area contributed by atoms with Crippen LogP contribution in [0.5, 0.6) is 0 Å². The first-order valence-corrected chi connectivity index (χ1v) is 11.6. The highest BCUT2D eigenvalue weighted by molar-refractivity contribution is 6.35. The van der Waals surface area contributed by atoms with E-state index in [4.69, 9.17) is 23.2 Å². The van der Waals surface area contributed by atoms with Crippen molar-refractivity contribution in [2.75, 3.05) is 11.9 Å². The number of anilines is 1. The Labute approximate surface area is 203 Å². The highest BCUT2D eigenvalue weighted by Gasteiger charge is 2.37. The maximum absolute atomic E-state index is 12.8. The first kappa shape index (κ1) is 23.1.